The summed E-state index contributed by atoms with van der Waals surface area (Å²) in [7, 11) is 0. The lowest BCUT2D eigenvalue weighted by atomic mass is 10.2. The molecular formula is C10H15N3. The molecule has 0 saturated heterocycles. The first-order valence-electron chi connectivity index (χ1n) is 4.63. The molecule has 0 amide bonds. The Labute approximate surface area is 78.3 Å². The van der Waals surface area contributed by atoms with E-state index in [1.54, 1.807) is 0 Å². The molecule has 3 heteroatoms. The number of nitrogens with one attached hydrogen (secondary N) is 2. The maximum Gasteiger partial charge on any atom is 0.0596 e. The molecule has 0 saturated carbocycles. The van der Waals surface area contributed by atoms with Crippen LogP contribution in [-0.4, -0.2) is 13.1 Å². The lowest BCUT2D eigenvalue weighted by Crippen LogP contribution is -2.14. The van der Waals surface area contributed by atoms with Gasteiger partial charge in [-0.1, -0.05) is 6.92 Å². The Hall–Kier alpha value is -1.38. The second-order valence-electron chi connectivity index (χ2n) is 3.67. The third-order valence-electron chi connectivity index (χ3n) is 2.33. The van der Waals surface area contributed by atoms with Crippen LogP contribution >= 0.6 is 0 Å². The van der Waals surface area contributed by atoms with Crippen molar-refractivity contribution in [2.45, 2.75) is 6.92 Å². The Morgan fingerprint density at radius 1 is 1.23 bits per heavy atom. The van der Waals surface area contributed by atoms with Gasteiger partial charge in [-0.3, -0.25) is 0 Å². The smallest absolute Gasteiger partial charge is 0.0596 e. The Morgan fingerprint density at radius 2 is 1.92 bits per heavy atom. The van der Waals surface area contributed by atoms with Crippen molar-refractivity contribution in [2.75, 3.05) is 29.5 Å². The molecular weight excluding hydrogens is 162 g/mol. The van der Waals surface area contributed by atoms with Crippen molar-refractivity contribution in [1.82, 2.24) is 0 Å². The first kappa shape index (κ1) is 8.23. The summed E-state index contributed by atoms with van der Waals surface area (Å²) < 4.78 is 0. The van der Waals surface area contributed by atoms with Crippen molar-refractivity contribution in [2.24, 2.45) is 5.92 Å². The molecule has 13 heavy (non-hydrogen) atoms. The molecule has 1 heterocycles. The van der Waals surface area contributed by atoms with Crippen molar-refractivity contribution >= 4 is 17.1 Å². The standard InChI is InChI=1S/C10H15N3/c1-7-5-12-9-3-2-8(11)4-10(9)13-6-7/h2-4,7,12-13H,5-6,11H2,1H3. The van der Waals surface area contributed by atoms with Gasteiger partial charge in [0.1, 0.15) is 0 Å². The topological polar surface area (TPSA) is 50.1 Å². The average molecular weight is 177 g/mol. The van der Waals surface area contributed by atoms with E-state index < -0.39 is 0 Å². The number of rotatable bonds is 0. The molecule has 1 aromatic carbocycles. The molecule has 0 aliphatic carbocycles. The van der Waals surface area contributed by atoms with Crippen LogP contribution in [0.3, 0.4) is 0 Å². The lowest BCUT2D eigenvalue weighted by molar-refractivity contribution is 0.657. The van der Waals surface area contributed by atoms with Crippen LogP contribution in [-0.2, 0) is 0 Å². The van der Waals surface area contributed by atoms with Gasteiger partial charge >= 0.3 is 0 Å². The van der Waals surface area contributed by atoms with Crippen LogP contribution in [0, 0.1) is 5.92 Å². The number of hydrogen-bond acceptors (Lipinski definition) is 3. The van der Waals surface area contributed by atoms with E-state index in [9.17, 15) is 0 Å². The van der Waals surface area contributed by atoms with Crippen LogP contribution in [0.5, 0.6) is 0 Å². The van der Waals surface area contributed by atoms with Crippen LogP contribution in [0.25, 0.3) is 0 Å². The van der Waals surface area contributed by atoms with E-state index in [1.165, 1.54) is 0 Å². The predicted octanol–water partition coefficient (Wildman–Crippen LogP) is 1.74. The van der Waals surface area contributed by atoms with Crippen LogP contribution in [0.4, 0.5) is 17.1 Å². The summed E-state index contributed by atoms with van der Waals surface area (Å²) in [6, 6.07) is 5.92. The highest BCUT2D eigenvalue weighted by Crippen LogP contribution is 2.26. The monoisotopic (exact) mass is 177 g/mol. The lowest BCUT2D eigenvalue weighted by Gasteiger charge is -2.08. The summed E-state index contributed by atoms with van der Waals surface area (Å²) >= 11 is 0. The molecule has 0 fully saturated rings. The van der Waals surface area contributed by atoms with Gasteiger partial charge in [-0.05, 0) is 24.1 Å². The van der Waals surface area contributed by atoms with E-state index in [0.717, 1.165) is 30.2 Å². The molecule has 0 bridgehead atoms. The zero-order valence-corrected chi connectivity index (χ0v) is 7.80. The van der Waals surface area contributed by atoms with Crippen LogP contribution in [0.1, 0.15) is 6.92 Å². The second kappa shape index (κ2) is 3.17. The Kier molecular flexibility index (Phi) is 2.00. The molecule has 1 unspecified atom stereocenters. The van der Waals surface area contributed by atoms with Crippen molar-refractivity contribution in [3.8, 4) is 0 Å². The fraction of sp³-hybridized carbons (Fsp3) is 0.400. The molecule has 1 aliphatic rings. The Bertz CT molecular complexity index is 309. The van der Waals surface area contributed by atoms with Gasteiger partial charge in [0.05, 0.1) is 11.4 Å². The third kappa shape index (κ3) is 1.69. The zero-order chi connectivity index (χ0) is 9.26. The molecule has 0 aromatic heterocycles. The summed E-state index contributed by atoms with van der Waals surface area (Å²) in [5.74, 6) is 0.647. The van der Waals surface area contributed by atoms with Crippen molar-refractivity contribution in [3.05, 3.63) is 18.2 Å². The highest BCUT2D eigenvalue weighted by Gasteiger charge is 2.10. The Morgan fingerprint density at radius 3 is 2.69 bits per heavy atom. The van der Waals surface area contributed by atoms with E-state index in [-0.39, 0.29) is 0 Å². The quantitative estimate of drug-likeness (QED) is 0.529. The normalized spacial score (nSPS) is 20.8. The average Bonchev–Trinajstić information content (AvgIpc) is 2.29. The van der Waals surface area contributed by atoms with E-state index in [4.69, 9.17) is 5.73 Å². The molecule has 0 radical (unpaired) electrons. The molecule has 0 spiro atoms. The van der Waals surface area contributed by atoms with Gasteiger partial charge in [-0.15, -0.1) is 0 Å². The van der Waals surface area contributed by atoms with E-state index in [0.29, 0.717) is 5.92 Å². The molecule has 1 atom stereocenters. The van der Waals surface area contributed by atoms with Gasteiger partial charge in [-0.25, -0.2) is 0 Å². The van der Waals surface area contributed by atoms with Crippen LogP contribution in [0.15, 0.2) is 18.2 Å². The van der Waals surface area contributed by atoms with Crippen molar-refractivity contribution in [1.29, 1.82) is 0 Å². The largest absolute Gasteiger partial charge is 0.399 e. The van der Waals surface area contributed by atoms with Crippen molar-refractivity contribution < 1.29 is 0 Å². The third-order valence-corrected chi connectivity index (χ3v) is 2.33. The minimum atomic E-state index is 0.647. The summed E-state index contributed by atoms with van der Waals surface area (Å²) in [4.78, 5) is 0. The fourth-order valence-electron chi connectivity index (χ4n) is 1.50. The minimum Gasteiger partial charge on any atom is -0.399 e. The first-order chi connectivity index (χ1) is 6.25. The molecule has 1 aliphatic heterocycles. The number of fused-ring (bicyclic) bond motifs is 1. The van der Waals surface area contributed by atoms with Gasteiger partial charge in [0, 0.05) is 18.8 Å². The summed E-state index contributed by atoms with van der Waals surface area (Å²) in [5, 5.41) is 6.76. The van der Waals surface area contributed by atoms with E-state index >= 15 is 0 Å². The molecule has 2 rings (SSSR count). The van der Waals surface area contributed by atoms with E-state index in [2.05, 4.69) is 17.6 Å². The first-order valence-corrected chi connectivity index (χ1v) is 4.63. The maximum atomic E-state index is 5.70. The van der Waals surface area contributed by atoms with Gasteiger partial charge in [-0.2, -0.15) is 0 Å². The molecule has 4 N–H and O–H groups in total. The fourth-order valence-corrected chi connectivity index (χ4v) is 1.50. The molecule has 70 valence electrons. The van der Waals surface area contributed by atoms with E-state index in [1.807, 2.05) is 18.2 Å². The highest BCUT2D eigenvalue weighted by atomic mass is 15.0. The van der Waals surface area contributed by atoms with Crippen LogP contribution in [0.2, 0.25) is 0 Å². The summed E-state index contributed by atoms with van der Waals surface area (Å²) in [6.07, 6.45) is 0. The number of nitrogens with two attached hydrogens (primary N) is 1. The zero-order valence-electron chi connectivity index (χ0n) is 7.80. The molecule has 3 nitrogen and oxygen atoms in total. The van der Waals surface area contributed by atoms with Gasteiger partial charge in [0.2, 0.25) is 0 Å². The summed E-state index contributed by atoms with van der Waals surface area (Å²) in [5.41, 5.74) is 8.77. The number of benzene rings is 1. The predicted molar refractivity (Wildman–Crippen MR) is 57.0 cm³/mol. The number of anilines is 3. The molecule has 1 aromatic rings. The van der Waals surface area contributed by atoms with Gasteiger partial charge < -0.3 is 16.4 Å². The van der Waals surface area contributed by atoms with Gasteiger partial charge in [0.15, 0.2) is 0 Å². The number of hydrogen-bond donors (Lipinski definition) is 3. The van der Waals surface area contributed by atoms with Crippen LogP contribution < -0.4 is 16.4 Å². The Balaban J connectivity index is 2.30. The van der Waals surface area contributed by atoms with Crippen molar-refractivity contribution in [3.63, 3.8) is 0 Å². The summed E-state index contributed by atoms with van der Waals surface area (Å²) in [6.45, 7) is 4.24. The SMILES string of the molecule is CC1CNc2ccc(N)cc2NC1. The second-order valence-corrected chi connectivity index (χ2v) is 3.67. The highest BCUT2D eigenvalue weighted by molar-refractivity contribution is 5.73. The maximum absolute atomic E-state index is 5.70. The minimum absolute atomic E-state index is 0.647. The number of nitrogen functional groups attached to an aromatic ring is 1. The van der Waals surface area contributed by atoms with Gasteiger partial charge in [0.25, 0.3) is 0 Å².